The second kappa shape index (κ2) is 5.90. The molecule has 0 spiro atoms. The number of amides is 2. The topological polar surface area (TPSA) is 58.6 Å². The smallest absolute Gasteiger partial charge is 0.245 e. The van der Waals surface area contributed by atoms with Crippen molar-refractivity contribution in [2.45, 2.75) is 58.2 Å². The molecule has 2 saturated heterocycles. The molecule has 0 saturated carbocycles. The van der Waals surface area contributed by atoms with E-state index < -0.39 is 0 Å². The van der Waals surface area contributed by atoms with Crippen LogP contribution in [0.25, 0.3) is 0 Å². The predicted molar refractivity (Wildman–Crippen MR) is 71.5 cm³/mol. The van der Waals surface area contributed by atoms with Gasteiger partial charge in [-0.15, -0.1) is 0 Å². The molecular weight excluding hydrogens is 244 g/mol. The van der Waals surface area contributed by atoms with Crippen molar-refractivity contribution in [3.8, 4) is 0 Å². The van der Waals surface area contributed by atoms with Crippen molar-refractivity contribution in [2.75, 3.05) is 13.2 Å². The van der Waals surface area contributed by atoms with Crippen molar-refractivity contribution < 1.29 is 14.3 Å². The van der Waals surface area contributed by atoms with Gasteiger partial charge in [0.2, 0.25) is 11.8 Å². The Hall–Kier alpha value is -1.10. The lowest BCUT2D eigenvalue weighted by atomic mass is 9.98. The van der Waals surface area contributed by atoms with E-state index in [1.165, 1.54) is 0 Å². The number of hydrogen-bond donors (Lipinski definition) is 1. The molecule has 2 amide bonds. The molecule has 0 radical (unpaired) electrons. The summed E-state index contributed by atoms with van der Waals surface area (Å²) < 4.78 is 5.54. The quantitative estimate of drug-likeness (QED) is 0.825. The van der Waals surface area contributed by atoms with Crippen molar-refractivity contribution in [3.63, 3.8) is 0 Å². The molecule has 2 aliphatic rings. The van der Waals surface area contributed by atoms with Crippen LogP contribution in [0.4, 0.5) is 0 Å². The van der Waals surface area contributed by atoms with Crippen molar-refractivity contribution in [1.82, 2.24) is 10.2 Å². The maximum absolute atomic E-state index is 12.4. The Morgan fingerprint density at radius 3 is 2.68 bits per heavy atom. The first-order valence-electron chi connectivity index (χ1n) is 7.27. The summed E-state index contributed by atoms with van der Waals surface area (Å²) in [6.45, 7) is 7.26. The van der Waals surface area contributed by atoms with Crippen LogP contribution in [0.15, 0.2) is 0 Å². The molecule has 0 aliphatic carbocycles. The van der Waals surface area contributed by atoms with Gasteiger partial charge in [0.05, 0.1) is 6.10 Å². The zero-order chi connectivity index (χ0) is 14.0. The predicted octanol–water partition coefficient (Wildman–Crippen LogP) is 0.927. The molecule has 0 bridgehead atoms. The van der Waals surface area contributed by atoms with Gasteiger partial charge in [0, 0.05) is 19.1 Å². The van der Waals surface area contributed by atoms with Gasteiger partial charge in [-0.2, -0.15) is 0 Å². The monoisotopic (exact) mass is 268 g/mol. The Balaban J connectivity index is 2.06. The Morgan fingerprint density at radius 2 is 2.11 bits per heavy atom. The number of nitrogens with one attached hydrogen (secondary N) is 1. The molecule has 2 aliphatic heterocycles. The SMILES string of the molecule is CCCC1NC(=O)C(C)N(CC2CCOC2C)C1=O. The first-order chi connectivity index (χ1) is 9.04. The van der Waals surface area contributed by atoms with Crippen molar-refractivity contribution >= 4 is 11.8 Å². The van der Waals surface area contributed by atoms with Crippen LogP contribution in [0.2, 0.25) is 0 Å². The van der Waals surface area contributed by atoms with E-state index in [0.29, 0.717) is 18.9 Å². The lowest BCUT2D eigenvalue weighted by molar-refractivity contribution is -0.149. The fourth-order valence-electron chi connectivity index (χ4n) is 2.89. The summed E-state index contributed by atoms with van der Waals surface area (Å²) in [6.07, 6.45) is 2.75. The third kappa shape index (κ3) is 2.91. The molecule has 2 rings (SSSR count). The molecule has 2 fully saturated rings. The van der Waals surface area contributed by atoms with E-state index in [2.05, 4.69) is 5.32 Å². The van der Waals surface area contributed by atoms with E-state index in [-0.39, 0.29) is 30.0 Å². The van der Waals surface area contributed by atoms with E-state index >= 15 is 0 Å². The minimum atomic E-state index is -0.367. The summed E-state index contributed by atoms with van der Waals surface area (Å²) in [5, 5.41) is 2.82. The first kappa shape index (κ1) is 14.3. The fourth-order valence-corrected chi connectivity index (χ4v) is 2.89. The largest absolute Gasteiger partial charge is 0.378 e. The summed E-state index contributed by atoms with van der Waals surface area (Å²) in [7, 11) is 0. The van der Waals surface area contributed by atoms with Gasteiger partial charge in [0.1, 0.15) is 12.1 Å². The average molecular weight is 268 g/mol. The second-order valence-electron chi connectivity index (χ2n) is 5.64. The Bertz CT molecular complexity index is 359. The standard InChI is InChI=1S/C14H24N2O3/c1-4-5-12-14(18)16(9(2)13(17)15-12)8-11-6-7-19-10(11)3/h9-12H,4-8H2,1-3H3,(H,15,17). The maximum atomic E-state index is 12.4. The molecule has 4 unspecified atom stereocenters. The fraction of sp³-hybridized carbons (Fsp3) is 0.857. The van der Waals surface area contributed by atoms with E-state index in [9.17, 15) is 9.59 Å². The van der Waals surface area contributed by atoms with Crippen molar-refractivity contribution in [3.05, 3.63) is 0 Å². The van der Waals surface area contributed by atoms with Gasteiger partial charge in [-0.05, 0) is 26.7 Å². The van der Waals surface area contributed by atoms with Crippen LogP contribution in [-0.4, -0.2) is 48.1 Å². The van der Waals surface area contributed by atoms with Crippen molar-refractivity contribution in [2.24, 2.45) is 5.92 Å². The van der Waals surface area contributed by atoms with E-state index in [4.69, 9.17) is 4.74 Å². The molecule has 0 aromatic rings. The van der Waals surface area contributed by atoms with Crippen LogP contribution >= 0.6 is 0 Å². The van der Waals surface area contributed by atoms with Gasteiger partial charge in [0.25, 0.3) is 0 Å². The number of ether oxygens (including phenoxy) is 1. The number of rotatable bonds is 4. The summed E-state index contributed by atoms with van der Waals surface area (Å²) >= 11 is 0. The van der Waals surface area contributed by atoms with Crippen LogP contribution in [0.5, 0.6) is 0 Å². The number of hydrogen-bond acceptors (Lipinski definition) is 3. The van der Waals surface area contributed by atoms with Gasteiger partial charge in [-0.3, -0.25) is 9.59 Å². The number of piperazine rings is 1. The minimum absolute atomic E-state index is 0.0374. The number of carbonyl (C=O) groups excluding carboxylic acids is 2. The highest BCUT2D eigenvalue weighted by Crippen LogP contribution is 2.24. The lowest BCUT2D eigenvalue weighted by Gasteiger charge is -2.39. The van der Waals surface area contributed by atoms with Crippen LogP contribution < -0.4 is 5.32 Å². The minimum Gasteiger partial charge on any atom is -0.378 e. The van der Waals surface area contributed by atoms with Crippen LogP contribution in [0.1, 0.15) is 40.0 Å². The van der Waals surface area contributed by atoms with Gasteiger partial charge in [0.15, 0.2) is 0 Å². The third-order valence-corrected chi connectivity index (χ3v) is 4.29. The van der Waals surface area contributed by atoms with Crippen molar-refractivity contribution in [1.29, 1.82) is 0 Å². The van der Waals surface area contributed by atoms with E-state index in [1.807, 2.05) is 13.8 Å². The van der Waals surface area contributed by atoms with Crippen LogP contribution in [0.3, 0.4) is 0 Å². The average Bonchev–Trinajstić information content (AvgIpc) is 2.77. The van der Waals surface area contributed by atoms with Gasteiger partial charge < -0.3 is 15.0 Å². The highest BCUT2D eigenvalue weighted by molar-refractivity contribution is 5.96. The normalized spacial score (nSPS) is 35.6. The molecule has 2 heterocycles. The van der Waals surface area contributed by atoms with Crippen LogP contribution in [0, 0.1) is 5.92 Å². The molecule has 4 atom stereocenters. The Kier molecular flexibility index (Phi) is 4.45. The first-order valence-corrected chi connectivity index (χ1v) is 7.27. The van der Waals surface area contributed by atoms with Gasteiger partial charge in [-0.25, -0.2) is 0 Å². The summed E-state index contributed by atoms with van der Waals surface area (Å²) in [5.41, 5.74) is 0. The second-order valence-corrected chi connectivity index (χ2v) is 5.64. The molecule has 108 valence electrons. The lowest BCUT2D eigenvalue weighted by Crippen LogP contribution is -2.63. The summed E-state index contributed by atoms with van der Waals surface area (Å²) in [5.74, 6) is 0.372. The highest BCUT2D eigenvalue weighted by atomic mass is 16.5. The zero-order valence-corrected chi connectivity index (χ0v) is 12.0. The van der Waals surface area contributed by atoms with Gasteiger partial charge >= 0.3 is 0 Å². The number of nitrogens with zero attached hydrogens (tertiary/aromatic N) is 1. The Labute approximate surface area is 114 Å². The maximum Gasteiger partial charge on any atom is 0.245 e. The molecule has 5 nitrogen and oxygen atoms in total. The molecular formula is C14H24N2O3. The molecule has 5 heteroatoms. The molecule has 1 N–H and O–H groups in total. The molecule has 0 aromatic carbocycles. The summed E-state index contributed by atoms with van der Waals surface area (Å²) in [4.78, 5) is 26.1. The van der Waals surface area contributed by atoms with E-state index in [0.717, 1.165) is 19.4 Å². The molecule has 19 heavy (non-hydrogen) atoms. The molecule has 0 aromatic heterocycles. The Morgan fingerprint density at radius 1 is 1.37 bits per heavy atom. The third-order valence-electron chi connectivity index (χ3n) is 4.29. The number of carbonyl (C=O) groups is 2. The van der Waals surface area contributed by atoms with Gasteiger partial charge in [-0.1, -0.05) is 13.3 Å². The van der Waals surface area contributed by atoms with Crippen LogP contribution in [-0.2, 0) is 14.3 Å². The highest BCUT2D eigenvalue weighted by Gasteiger charge is 2.39. The van der Waals surface area contributed by atoms with E-state index in [1.54, 1.807) is 11.8 Å². The summed E-state index contributed by atoms with van der Waals surface area (Å²) in [6, 6.07) is -0.709. The zero-order valence-electron chi connectivity index (χ0n) is 12.0.